The lowest BCUT2D eigenvalue weighted by Gasteiger charge is -1.74. The van der Waals surface area contributed by atoms with Crippen LogP contribution in [-0.4, -0.2) is 9.97 Å². The molecule has 0 spiro atoms. The highest BCUT2D eigenvalue weighted by Crippen LogP contribution is 1.89. The maximum absolute atomic E-state index is 7.10. The second-order valence-corrected chi connectivity index (χ2v) is 1.56. The molecule has 1 rings (SSSR count). The van der Waals surface area contributed by atoms with Gasteiger partial charge in [0.05, 0.1) is 1.37 Å². The predicted octanol–water partition coefficient (Wildman–Crippen LogP) is 1.03. The molecule has 0 aliphatic rings. The van der Waals surface area contributed by atoms with Crippen LogP contribution in [0.1, 0.15) is 12.9 Å². The number of hydrogen-bond donors (Lipinski definition) is 1. The van der Waals surface area contributed by atoms with E-state index in [-0.39, 0.29) is 0 Å². The van der Waals surface area contributed by atoms with Gasteiger partial charge in [-0.15, -0.1) is 0 Å². The van der Waals surface area contributed by atoms with Crippen LogP contribution in [0.5, 0.6) is 0 Å². The number of nitrogens with zero attached hydrogens (tertiary/aromatic N) is 1. The summed E-state index contributed by atoms with van der Waals surface area (Å²) in [5.74, 6) is 0.813. The Bertz CT molecular complexity index is 173. The largest absolute Gasteiger partial charge is 0.346 e. The van der Waals surface area contributed by atoms with Crippen LogP contribution in [0.2, 0.25) is 0 Å². The number of aryl methyl sites for hydroxylation is 2. The fraction of sp³-hybridized carbons (Fsp3) is 0.400. The molecule has 0 unspecified atom stereocenters. The molecule has 0 aromatic carbocycles. The molecular formula is C5H8N2. The van der Waals surface area contributed by atoms with Crippen LogP contribution >= 0.6 is 0 Å². The summed E-state index contributed by atoms with van der Waals surface area (Å²) in [6.45, 7) is 3.67. The fourth-order valence-corrected chi connectivity index (χ4v) is 0.495. The normalized spacial score (nSPS) is 11.4. The van der Waals surface area contributed by atoms with Gasteiger partial charge in [-0.05, 0) is 13.8 Å². The van der Waals surface area contributed by atoms with Crippen molar-refractivity contribution in [3.63, 3.8) is 0 Å². The van der Waals surface area contributed by atoms with Crippen molar-refractivity contribution in [1.82, 2.24) is 9.97 Å². The molecule has 0 saturated carbocycles. The summed E-state index contributed by atoms with van der Waals surface area (Å²) in [6, 6.07) is 0. The molecule has 0 radical (unpaired) electrons. The topological polar surface area (TPSA) is 28.7 Å². The van der Waals surface area contributed by atoms with E-state index in [0.29, 0.717) is 6.17 Å². The molecule has 1 aromatic heterocycles. The van der Waals surface area contributed by atoms with Crippen LogP contribution < -0.4 is 0 Å². The Balaban J connectivity index is 3.14. The quantitative estimate of drug-likeness (QED) is 0.514. The molecular weight excluding hydrogens is 88.1 g/mol. The molecule has 0 atom stereocenters. The fourth-order valence-electron chi connectivity index (χ4n) is 0.495. The van der Waals surface area contributed by atoms with E-state index in [1.165, 1.54) is 0 Å². The lowest BCUT2D eigenvalue weighted by atomic mass is 10.6. The van der Waals surface area contributed by atoms with Crippen LogP contribution in [-0.2, 0) is 0 Å². The molecule has 0 fully saturated rings. The van der Waals surface area contributed by atoms with Gasteiger partial charge in [0, 0.05) is 11.9 Å². The van der Waals surface area contributed by atoms with Crippen molar-refractivity contribution in [2.24, 2.45) is 0 Å². The highest BCUT2D eigenvalue weighted by atomic mass is 14.9. The SMILES string of the molecule is [2H]c1nc(C)[nH]c1C. The van der Waals surface area contributed by atoms with E-state index in [4.69, 9.17) is 1.37 Å². The predicted molar refractivity (Wildman–Crippen MR) is 28.1 cm³/mol. The van der Waals surface area contributed by atoms with Gasteiger partial charge >= 0.3 is 0 Å². The maximum Gasteiger partial charge on any atom is 0.103 e. The highest BCUT2D eigenvalue weighted by molar-refractivity contribution is 4.95. The van der Waals surface area contributed by atoms with Crippen molar-refractivity contribution in [2.45, 2.75) is 13.8 Å². The minimum absolute atomic E-state index is 0.350. The molecule has 0 aliphatic carbocycles. The van der Waals surface area contributed by atoms with Crippen LogP contribution in [0.25, 0.3) is 0 Å². The Kier molecular flexibility index (Phi) is 0.635. The van der Waals surface area contributed by atoms with Crippen LogP contribution in [0.4, 0.5) is 0 Å². The Morgan fingerprint density at radius 3 is 2.71 bits per heavy atom. The van der Waals surface area contributed by atoms with Crippen LogP contribution in [0, 0.1) is 13.8 Å². The van der Waals surface area contributed by atoms with E-state index in [1.54, 1.807) is 0 Å². The number of aromatic nitrogens is 2. The zero-order chi connectivity index (χ0) is 6.15. The first kappa shape index (κ1) is 3.24. The Hall–Kier alpha value is -0.790. The second-order valence-electron chi connectivity index (χ2n) is 1.56. The maximum atomic E-state index is 7.10. The summed E-state index contributed by atoms with van der Waals surface area (Å²) in [5, 5.41) is 0. The van der Waals surface area contributed by atoms with Gasteiger partial charge in [-0.1, -0.05) is 0 Å². The highest BCUT2D eigenvalue weighted by Gasteiger charge is 1.83. The summed E-state index contributed by atoms with van der Waals surface area (Å²) < 4.78 is 7.10. The number of nitrogens with one attached hydrogen (secondary N) is 1. The van der Waals surface area contributed by atoms with Gasteiger partial charge in [0.2, 0.25) is 0 Å². The summed E-state index contributed by atoms with van der Waals surface area (Å²) in [5.41, 5.74) is 0.836. The van der Waals surface area contributed by atoms with Gasteiger partial charge in [-0.3, -0.25) is 0 Å². The van der Waals surface area contributed by atoms with Crippen molar-refractivity contribution in [3.8, 4) is 0 Å². The third kappa shape index (κ3) is 0.796. The number of rotatable bonds is 0. The second kappa shape index (κ2) is 1.37. The molecule has 1 heterocycles. The Labute approximate surface area is 44.0 Å². The first-order valence-corrected chi connectivity index (χ1v) is 2.20. The number of H-pyrrole nitrogens is 1. The first-order valence-electron chi connectivity index (χ1n) is 2.70. The van der Waals surface area contributed by atoms with Crippen molar-refractivity contribution < 1.29 is 1.37 Å². The van der Waals surface area contributed by atoms with Crippen LogP contribution in [0.15, 0.2) is 6.17 Å². The van der Waals surface area contributed by atoms with Crippen LogP contribution in [0.3, 0.4) is 0 Å². The van der Waals surface area contributed by atoms with Gasteiger partial charge in [0.15, 0.2) is 0 Å². The van der Waals surface area contributed by atoms with E-state index < -0.39 is 0 Å². The average molecular weight is 97.1 g/mol. The number of aromatic amines is 1. The smallest absolute Gasteiger partial charge is 0.103 e. The summed E-state index contributed by atoms with van der Waals surface area (Å²) >= 11 is 0. The molecule has 2 heteroatoms. The lowest BCUT2D eigenvalue weighted by molar-refractivity contribution is 1.13. The van der Waals surface area contributed by atoms with Crippen molar-refractivity contribution >= 4 is 0 Å². The minimum atomic E-state index is 0.350. The van der Waals surface area contributed by atoms with Gasteiger partial charge in [0.1, 0.15) is 5.82 Å². The van der Waals surface area contributed by atoms with Crippen molar-refractivity contribution in [3.05, 3.63) is 17.7 Å². The standard InChI is InChI=1S/C5H8N2/c1-4-3-6-5(2)7-4/h3H,1-2H3,(H,6,7)/i3D. The molecule has 0 bridgehead atoms. The lowest BCUT2D eigenvalue weighted by Crippen LogP contribution is -1.70. The summed E-state index contributed by atoms with van der Waals surface area (Å²) in [4.78, 5) is 6.73. The molecule has 38 valence electrons. The summed E-state index contributed by atoms with van der Waals surface area (Å²) in [7, 11) is 0. The Morgan fingerprint density at radius 2 is 2.57 bits per heavy atom. The van der Waals surface area contributed by atoms with Crippen molar-refractivity contribution in [2.75, 3.05) is 0 Å². The molecule has 1 aromatic rings. The van der Waals surface area contributed by atoms with E-state index >= 15 is 0 Å². The molecule has 0 aliphatic heterocycles. The first-order chi connectivity index (χ1) is 3.70. The van der Waals surface area contributed by atoms with E-state index in [1.807, 2.05) is 13.8 Å². The van der Waals surface area contributed by atoms with E-state index in [0.717, 1.165) is 11.5 Å². The molecule has 0 saturated heterocycles. The molecule has 7 heavy (non-hydrogen) atoms. The van der Waals surface area contributed by atoms with Gasteiger partial charge in [0.25, 0.3) is 0 Å². The summed E-state index contributed by atoms with van der Waals surface area (Å²) in [6.07, 6.45) is 0.350. The third-order valence-corrected chi connectivity index (χ3v) is 0.760. The number of imidazole rings is 1. The third-order valence-electron chi connectivity index (χ3n) is 0.760. The average Bonchev–Trinajstić information content (AvgIpc) is 1.85. The minimum Gasteiger partial charge on any atom is -0.346 e. The Morgan fingerprint density at radius 1 is 1.86 bits per heavy atom. The molecule has 2 nitrogen and oxygen atoms in total. The van der Waals surface area contributed by atoms with Crippen molar-refractivity contribution in [1.29, 1.82) is 0 Å². The molecule has 1 N–H and O–H groups in total. The molecule has 0 amide bonds. The van der Waals surface area contributed by atoms with Gasteiger partial charge in [-0.2, -0.15) is 0 Å². The van der Waals surface area contributed by atoms with E-state index in [2.05, 4.69) is 9.97 Å². The zero-order valence-corrected chi connectivity index (χ0v) is 4.45. The zero-order valence-electron chi connectivity index (χ0n) is 5.45. The van der Waals surface area contributed by atoms with E-state index in [9.17, 15) is 0 Å². The van der Waals surface area contributed by atoms with Gasteiger partial charge < -0.3 is 4.98 Å². The number of hydrogen-bond acceptors (Lipinski definition) is 1. The monoisotopic (exact) mass is 97.1 g/mol. The van der Waals surface area contributed by atoms with Gasteiger partial charge in [-0.25, -0.2) is 4.98 Å².